The number of hydrogen-bond donors (Lipinski definition) is 0. The number of fused-ring (bicyclic) bond motifs is 2. The normalized spacial score (nSPS) is 34.4. The van der Waals surface area contributed by atoms with Gasteiger partial charge in [-0.1, -0.05) is 31.2 Å². The quantitative estimate of drug-likeness (QED) is 0.609. The van der Waals surface area contributed by atoms with Gasteiger partial charge in [-0.15, -0.1) is 0 Å². The molecule has 1 heteroatoms. The molecule has 1 aromatic rings. The molecule has 1 saturated carbocycles. The van der Waals surface area contributed by atoms with Crippen LogP contribution in [0.15, 0.2) is 24.3 Å². The van der Waals surface area contributed by atoms with E-state index in [9.17, 15) is 4.79 Å². The number of ketones is 1. The van der Waals surface area contributed by atoms with Crippen LogP contribution in [0.3, 0.4) is 0 Å². The predicted molar refractivity (Wildman–Crippen MR) is 55.3 cm³/mol. The Hall–Kier alpha value is -1.11. The Labute approximate surface area is 84.1 Å². The Bertz CT molecular complexity index is 407. The fourth-order valence-electron chi connectivity index (χ4n) is 2.98. The van der Waals surface area contributed by atoms with E-state index in [0.29, 0.717) is 11.7 Å². The molecule has 1 nitrogen and oxygen atoms in total. The third-order valence-electron chi connectivity index (χ3n) is 4.04. The fourth-order valence-corrected chi connectivity index (χ4v) is 2.98. The summed E-state index contributed by atoms with van der Waals surface area (Å²) in [5.74, 6) is 0.706. The maximum Gasteiger partial charge on any atom is 0.166 e. The van der Waals surface area contributed by atoms with Gasteiger partial charge in [-0.3, -0.25) is 4.79 Å². The number of carbonyl (C=O) groups excluding carboxylic acids is 1. The largest absolute Gasteiger partial charge is 0.294 e. The highest BCUT2D eigenvalue weighted by molar-refractivity contribution is 6.01. The number of benzene rings is 1. The minimum atomic E-state index is 0.283. The molecule has 2 aliphatic rings. The molecule has 0 unspecified atom stereocenters. The zero-order chi connectivity index (χ0) is 9.76. The van der Waals surface area contributed by atoms with E-state index in [2.05, 4.69) is 13.0 Å². The van der Waals surface area contributed by atoms with Crippen LogP contribution in [0.5, 0.6) is 0 Å². The van der Waals surface area contributed by atoms with Gasteiger partial charge in [0.15, 0.2) is 5.78 Å². The van der Waals surface area contributed by atoms with E-state index in [4.69, 9.17) is 0 Å². The van der Waals surface area contributed by atoms with Gasteiger partial charge >= 0.3 is 0 Å². The van der Waals surface area contributed by atoms with Gasteiger partial charge in [0.25, 0.3) is 0 Å². The summed E-state index contributed by atoms with van der Waals surface area (Å²) in [7, 11) is 0. The van der Waals surface area contributed by atoms with E-state index in [1.54, 1.807) is 0 Å². The van der Waals surface area contributed by atoms with Crippen LogP contribution in [0.2, 0.25) is 0 Å². The molecule has 1 aromatic carbocycles. The van der Waals surface area contributed by atoms with Gasteiger partial charge in [0, 0.05) is 11.5 Å². The molecular weight excluding hydrogens is 172 g/mol. The van der Waals surface area contributed by atoms with Crippen LogP contribution in [0, 0.1) is 11.3 Å². The summed E-state index contributed by atoms with van der Waals surface area (Å²) in [5, 5.41) is 0. The molecule has 0 heterocycles. The number of carbonyl (C=O) groups is 1. The number of hydrogen-bond acceptors (Lipinski definition) is 1. The zero-order valence-corrected chi connectivity index (χ0v) is 8.42. The second-order valence-corrected chi connectivity index (χ2v) is 4.94. The Morgan fingerprint density at radius 2 is 2.14 bits per heavy atom. The fraction of sp³-hybridized carbons (Fsp3) is 0.462. The van der Waals surface area contributed by atoms with Gasteiger partial charge in [0.2, 0.25) is 0 Å². The van der Waals surface area contributed by atoms with Crippen molar-refractivity contribution in [2.24, 2.45) is 11.3 Å². The maximum atomic E-state index is 12.1. The molecule has 0 spiro atoms. The summed E-state index contributed by atoms with van der Waals surface area (Å²) in [6, 6.07) is 8.09. The van der Waals surface area contributed by atoms with Gasteiger partial charge in [0.05, 0.1) is 0 Å². The van der Waals surface area contributed by atoms with Crippen LogP contribution >= 0.6 is 0 Å². The lowest BCUT2D eigenvalue weighted by Crippen LogP contribution is -2.47. The molecule has 0 aliphatic heterocycles. The van der Waals surface area contributed by atoms with Crippen LogP contribution < -0.4 is 0 Å². The van der Waals surface area contributed by atoms with Crippen LogP contribution in [0.1, 0.15) is 35.7 Å². The first-order chi connectivity index (χ1) is 6.71. The molecule has 0 saturated heterocycles. The minimum Gasteiger partial charge on any atom is -0.294 e. The van der Waals surface area contributed by atoms with Crippen LogP contribution in [-0.2, 0) is 6.42 Å². The van der Waals surface area contributed by atoms with Crippen molar-refractivity contribution < 1.29 is 4.79 Å². The average molecular weight is 186 g/mol. The number of rotatable bonds is 0. The van der Waals surface area contributed by atoms with E-state index in [1.807, 2.05) is 18.2 Å². The van der Waals surface area contributed by atoms with Gasteiger partial charge < -0.3 is 0 Å². The molecule has 3 rings (SSSR count). The summed E-state index contributed by atoms with van der Waals surface area (Å²) in [6.45, 7) is 2.26. The lowest BCUT2D eigenvalue weighted by atomic mass is 9.53. The summed E-state index contributed by atoms with van der Waals surface area (Å²) in [6.07, 6.45) is 3.42. The maximum absolute atomic E-state index is 12.1. The second-order valence-electron chi connectivity index (χ2n) is 4.94. The highest BCUT2D eigenvalue weighted by atomic mass is 16.1. The SMILES string of the molecule is C[C@@]12CC[C@@H]1C(=O)c1ccccc1C2. The van der Waals surface area contributed by atoms with Crippen molar-refractivity contribution >= 4 is 5.78 Å². The van der Waals surface area contributed by atoms with Crippen LogP contribution in [0.4, 0.5) is 0 Å². The van der Waals surface area contributed by atoms with Gasteiger partial charge in [0.1, 0.15) is 0 Å². The predicted octanol–water partition coefficient (Wildman–Crippen LogP) is 2.84. The highest BCUT2D eigenvalue weighted by Gasteiger charge is 2.50. The lowest BCUT2D eigenvalue weighted by molar-refractivity contribution is 0.0334. The number of Topliss-reactive ketones (excluding diaryl/α,β-unsaturated/α-hetero) is 1. The molecule has 0 amide bonds. The topological polar surface area (TPSA) is 17.1 Å². The summed E-state index contributed by atoms with van der Waals surface area (Å²) in [5.41, 5.74) is 2.52. The molecule has 72 valence electrons. The third-order valence-corrected chi connectivity index (χ3v) is 4.04. The van der Waals surface area contributed by atoms with Crippen molar-refractivity contribution in [3.05, 3.63) is 35.4 Å². The Balaban J connectivity index is 2.14. The smallest absolute Gasteiger partial charge is 0.166 e. The molecular formula is C13H14O. The zero-order valence-electron chi connectivity index (χ0n) is 8.42. The summed E-state index contributed by atoms with van der Waals surface area (Å²) in [4.78, 5) is 12.1. The Kier molecular flexibility index (Phi) is 1.45. The first-order valence-electron chi connectivity index (χ1n) is 5.33. The van der Waals surface area contributed by atoms with E-state index < -0.39 is 0 Å². The van der Waals surface area contributed by atoms with Gasteiger partial charge in [-0.2, -0.15) is 0 Å². The molecule has 14 heavy (non-hydrogen) atoms. The van der Waals surface area contributed by atoms with Crippen molar-refractivity contribution in [3.63, 3.8) is 0 Å². The molecule has 2 aliphatic carbocycles. The Morgan fingerprint density at radius 3 is 2.86 bits per heavy atom. The van der Waals surface area contributed by atoms with E-state index in [1.165, 1.54) is 12.0 Å². The molecule has 2 atom stereocenters. The standard InChI is InChI=1S/C13H14O/c1-13-7-6-11(13)12(14)10-5-3-2-4-9(10)8-13/h2-5,11H,6-8H2,1H3/t11-,13+/m1/s1. The van der Waals surface area contributed by atoms with Crippen molar-refractivity contribution in [1.29, 1.82) is 0 Å². The first-order valence-corrected chi connectivity index (χ1v) is 5.33. The Morgan fingerprint density at radius 1 is 1.36 bits per heavy atom. The summed E-state index contributed by atoms with van der Waals surface area (Å²) >= 11 is 0. The van der Waals surface area contributed by atoms with E-state index in [-0.39, 0.29) is 5.41 Å². The van der Waals surface area contributed by atoms with Gasteiger partial charge in [-0.25, -0.2) is 0 Å². The van der Waals surface area contributed by atoms with Crippen molar-refractivity contribution in [2.45, 2.75) is 26.2 Å². The monoisotopic (exact) mass is 186 g/mol. The van der Waals surface area contributed by atoms with Crippen molar-refractivity contribution in [2.75, 3.05) is 0 Å². The van der Waals surface area contributed by atoms with Gasteiger partial charge in [-0.05, 0) is 30.2 Å². The molecule has 0 radical (unpaired) electrons. The average Bonchev–Trinajstić information content (AvgIpc) is 2.15. The first kappa shape index (κ1) is 8.22. The third kappa shape index (κ3) is 0.875. The summed E-state index contributed by atoms with van der Waals surface area (Å²) < 4.78 is 0. The molecule has 0 N–H and O–H groups in total. The van der Waals surface area contributed by atoms with Crippen LogP contribution in [0.25, 0.3) is 0 Å². The van der Waals surface area contributed by atoms with Crippen LogP contribution in [-0.4, -0.2) is 5.78 Å². The minimum absolute atomic E-state index is 0.283. The molecule has 1 fully saturated rings. The molecule has 0 aromatic heterocycles. The van der Waals surface area contributed by atoms with Crippen molar-refractivity contribution in [3.8, 4) is 0 Å². The lowest BCUT2D eigenvalue weighted by Gasteiger charge is -2.49. The highest BCUT2D eigenvalue weighted by Crippen LogP contribution is 2.53. The molecule has 0 bridgehead atoms. The van der Waals surface area contributed by atoms with E-state index >= 15 is 0 Å². The van der Waals surface area contributed by atoms with Crippen molar-refractivity contribution in [1.82, 2.24) is 0 Å². The van der Waals surface area contributed by atoms with E-state index in [0.717, 1.165) is 18.4 Å². The second kappa shape index (κ2) is 2.47.